The molecule has 1 heterocycles. The second-order valence-electron chi connectivity index (χ2n) is 2.55. The highest BCUT2D eigenvalue weighted by Crippen LogP contribution is 2.20. The van der Waals surface area contributed by atoms with Crippen LogP contribution in [0.3, 0.4) is 0 Å². The molecular weight excluding hydrogens is 196 g/mol. The number of carbonyl (C=O) groups is 1. The number of nitrogen functional groups attached to an aromatic ring is 1. The minimum atomic E-state index is -2.99. The molecule has 0 saturated carbocycles. The lowest BCUT2D eigenvalue weighted by Gasteiger charge is -2.04. The summed E-state index contributed by atoms with van der Waals surface area (Å²) in [7, 11) is 0. The molecule has 0 aliphatic heterocycles. The molecule has 0 radical (unpaired) electrons. The second kappa shape index (κ2) is 3.44. The smallest absolute Gasteiger partial charge is 0.271 e. The van der Waals surface area contributed by atoms with E-state index >= 15 is 0 Å². The Hall–Kier alpha value is -1.92. The number of aromatic amines is 1. The number of nitrogens with two attached hydrogens (primary N) is 2. The number of nitrogens with one attached hydrogen (secondary N) is 1. The molecule has 5 nitrogen and oxygen atoms in total. The number of alkyl halides is 2. The molecule has 0 bridgehead atoms. The van der Waals surface area contributed by atoms with Crippen LogP contribution in [0.15, 0.2) is 10.9 Å². The third-order valence-electron chi connectivity index (χ3n) is 1.59. The number of rotatable bonds is 2. The molecule has 1 aromatic heterocycles. The molecule has 5 N–H and O–H groups in total. The van der Waals surface area contributed by atoms with Gasteiger partial charge in [-0.1, -0.05) is 0 Å². The van der Waals surface area contributed by atoms with Crippen LogP contribution in [0.2, 0.25) is 0 Å². The van der Waals surface area contributed by atoms with Gasteiger partial charge in [0.05, 0.1) is 0 Å². The van der Waals surface area contributed by atoms with E-state index in [4.69, 9.17) is 11.5 Å². The summed E-state index contributed by atoms with van der Waals surface area (Å²) in [6.45, 7) is 0. The third-order valence-corrected chi connectivity index (χ3v) is 1.59. The highest BCUT2D eigenvalue weighted by molar-refractivity contribution is 5.91. The van der Waals surface area contributed by atoms with Gasteiger partial charge in [-0.3, -0.25) is 9.59 Å². The van der Waals surface area contributed by atoms with Gasteiger partial charge in [0.15, 0.2) is 0 Å². The second-order valence-corrected chi connectivity index (χ2v) is 2.55. The van der Waals surface area contributed by atoms with Crippen molar-refractivity contribution in [2.45, 2.75) is 6.43 Å². The van der Waals surface area contributed by atoms with Crippen LogP contribution in [0, 0.1) is 0 Å². The number of H-pyrrole nitrogens is 1. The highest BCUT2D eigenvalue weighted by Gasteiger charge is 2.17. The van der Waals surface area contributed by atoms with Crippen molar-refractivity contribution in [3.05, 3.63) is 27.7 Å². The van der Waals surface area contributed by atoms with Crippen molar-refractivity contribution in [3.8, 4) is 0 Å². The summed E-state index contributed by atoms with van der Waals surface area (Å²) >= 11 is 0. The maximum absolute atomic E-state index is 12.2. The number of pyridine rings is 1. The Morgan fingerprint density at radius 1 is 1.50 bits per heavy atom. The van der Waals surface area contributed by atoms with Crippen molar-refractivity contribution >= 4 is 11.6 Å². The van der Waals surface area contributed by atoms with E-state index in [9.17, 15) is 18.4 Å². The van der Waals surface area contributed by atoms with Crippen LogP contribution >= 0.6 is 0 Å². The van der Waals surface area contributed by atoms with Gasteiger partial charge in [-0.2, -0.15) is 0 Å². The van der Waals surface area contributed by atoms with Gasteiger partial charge in [-0.25, -0.2) is 8.78 Å². The lowest BCUT2D eigenvalue weighted by atomic mass is 10.2. The monoisotopic (exact) mass is 203 g/mol. The van der Waals surface area contributed by atoms with Gasteiger partial charge >= 0.3 is 0 Å². The zero-order valence-electron chi connectivity index (χ0n) is 6.88. The number of hydrogen-bond donors (Lipinski definition) is 3. The quantitative estimate of drug-likeness (QED) is 0.630. The van der Waals surface area contributed by atoms with Gasteiger partial charge in [-0.15, -0.1) is 0 Å². The van der Waals surface area contributed by atoms with Crippen molar-refractivity contribution in [3.63, 3.8) is 0 Å². The van der Waals surface area contributed by atoms with Crippen LogP contribution < -0.4 is 17.0 Å². The number of carbonyl (C=O) groups excluding carboxylic acids is 1. The summed E-state index contributed by atoms with van der Waals surface area (Å²) in [5.41, 5.74) is 7.28. The van der Waals surface area contributed by atoms with E-state index in [1.807, 2.05) is 4.98 Å². The fourth-order valence-electron chi connectivity index (χ4n) is 0.948. The zero-order chi connectivity index (χ0) is 10.9. The van der Waals surface area contributed by atoms with E-state index in [1.165, 1.54) is 0 Å². The Morgan fingerprint density at radius 3 is 2.43 bits per heavy atom. The number of amides is 1. The molecule has 0 spiro atoms. The lowest BCUT2D eigenvalue weighted by Crippen LogP contribution is -2.23. The largest absolute Gasteiger partial charge is 0.398 e. The molecule has 0 aliphatic carbocycles. The van der Waals surface area contributed by atoms with Crippen LogP contribution in [-0.4, -0.2) is 10.9 Å². The summed E-state index contributed by atoms with van der Waals surface area (Å²) < 4.78 is 24.4. The van der Waals surface area contributed by atoms with E-state index in [-0.39, 0.29) is 5.69 Å². The molecule has 7 heteroatoms. The fraction of sp³-hybridized carbons (Fsp3) is 0.143. The molecule has 1 amide bonds. The number of hydrogen-bond acceptors (Lipinski definition) is 3. The predicted molar refractivity (Wildman–Crippen MR) is 44.9 cm³/mol. The van der Waals surface area contributed by atoms with Gasteiger partial charge in [0.2, 0.25) is 0 Å². The molecule has 1 aromatic rings. The molecule has 14 heavy (non-hydrogen) atoms. The van der Waals surface area contributed by atoms with E-state index in [2.05, 4.69) is 0 Å². The summed E-state index contributed by atoms with van der Waals surface area (Å²) in [4.78, 5) is 23.5. The first-order valence-electron chi connectivity index (χ1n) is 3.54. The van der Waals surface area contributed by atoms with Crippen LogP contribution in [0.5, 0.6) is 0 Å². The average molecular weight is 203 g/mol. The normalized spacial score (nSPS) is 10.5. The van der Waals surface area contributed by atoms with Crippen LogP contribution in [0.25, 0.3) is 0 Å². The highest BCUT2D eigenvalue weighted by atomic mass is 19.3. The predicted octanol–water partition coefficient (Wildman–Crippen LogP) is -0.00640. The molecule has 0 unspecified atom stereocenters. The van der Waals surface area contributed by atoms with Gasteiger partial charge in [0.25, 0.3) is 17.9 Å². The van der Waals surface area contributed by atoms with Gasteiger partial charge in [0, 0.05) is 5.69 Å². The van der Waals surface area contributed by atoms with Crippen LogP contribution in [0.4, 0.5) is 14.5 Å². The first kappa shape index (κ1) is 10.2. The average Bonchev–Trinajstić information content (AvgIpc) is 2.01. The Bertz CT molecular complexity index is 427. The minimum Gasteiger partial charge on any atom is -0.398 e. The maximum atomic E-state index is 12.2. The SMILES string of the molecule is NC(=O)c1cc(N)c(C(F)F)c(=O)[nH]1. The lowest BCUT2D eigenvalue weighted by molar-refractivity contribution is 0.0994. The summed E-state index contributed by atoms with van der Waals surface area (Å²) in [6.07, 6.45) is -2.99. The van der Waals surface area contributed by atoms with Crippen molar-refractivity contribution in [1.29, 1.82) is 0 Å². The molecule has 0 aliphatic rings. The van der Waals surface area contributed by atoms with Crippen molar-refractivity contribution in [2.75, 3.05) is 5.73 Å². The number of anilines is 1. The first-order valence-corrected chi connectivity index (χ1v) is 3.54. The van der Waals surface area contributed by atoms with Crippen molar-refractivity contribution in [1.82, 2.24) is 4.98 Å². The van der Waals surface area contributed by atoms with Crippen LogP contribution in [-0.2, 0) is 0 Å². The number of primary amides is 1. The topological polar surface area (TPSA) is 102 Å². The Morgan fingerprint density at radius 2 is 2.07 bits per heavy atom. The van der Waals surface area contributed by atoms with E-state index in [0.29, 0.717) is 0 Å². The van der Waals surface area contributed by atoms with Crippen molar-refractivity contribution in [2.24, 2.45) is 5.73 Å². The minimum absolute atomic E-state index is 0.295. The molecule has 0 saturated heterocycles. The zero-order valence-corrected chi connectivity index (χ0v) is 6.88. The van der Waals surface area contributed by atoms with E-state index in [1.54, 1.807) is 0 Å². The molecule has 1 rings (SSSR count). The van der Waals surface area contributed by atoms with Gasteiger partial charge < -0.3 is 16.5 Å². The third kappa shape index (κ3) is 1.70. The first-order chi connectivity index (χ1) is 6.43. The fourth-order valence-corrected chi connectivity index (χ4v) is 0.948. The molecule has 0 aromatic carbocycles. The summed E-state index contributed by atoms with van der Waals surface area (Å²) in [5, 5.41) is 0. The Balaban J connectivity index is 3.40. The standard InChI is InChI=1S/C7H7F2N3O2/c8-5(9)4-2(10)1-3(6(11)13)12-7(4)14/h1,5H,(H2,11,13)(H3,10,12,14). The maximum Gasteiger partial charge on any atom is 0.271 e. The molecule has 76 valence electrons. The molecular formula is C7H7F2N3O2. The summed E-state index contributed by atoms with van der Waals surface area (Å²) in [5.74, 6) is -0.936. The van der Waals surface area contributed by atoms with Crippen LogP contribution in [0.1, 0.15) is 22.5 Å². The van der Waals surface area contributed by atoms with Gasteiger partial charge in [0.1, 0.15) is 11.3 Å². The Kier molecular flexibility index (Phi) is 2.50. The Labute approximate surface area is 76.7 Å². The van der Waals surface area contributed by atoms with Crippen molar-refractivity contribution < 1.29 is 13.6 Å². The molecule has 0 atom stereocenters. The number of aromatic nitrogens is 1. The van der Waals surface area contributed by atoms with E-state index in [0.717, 1.165) is 6.07 Å². The molecule has 0 fully saturated rings. The van der Waals surface area contributed by atoms with E-state index < -0.39 is 29.1 Å². The van der Waals surface area contributed by atoms with Gasteiger partial charge in [-0.05, 0) is 6.07 Å². The summed E-state index contributed by atoms with van der Waals surface area (Å²) in [6, 6.07) is 0.908. The number of halogens is 2.